The summed E-state index contributed by atoms with van der Waals surface area (Å²) >= 11 is 0. The minimum absolute atomic E-state index is 0.0479. The van der Waals surface area contributed by atoms with E-state index in [9.17, 15) is 9.18 Å². The van der Waals surface area contributed by atoms with Crippen molar-refractivity contribution in [2.75, 3.05) is 5.32 Å². The number of benzene rings is 2. The van der Waals surface area contributed by atoms with Crippen LogP contribution in [0.3, 0.4) is 0 Å². The van der Waals surface area contributed by atoms with E-state index in [0.717, 1.165) is 48.3 Å². The Balaban J connectivity index is 1.56. The Morgan fingerprint density at radius 3 is 2.67 bits per heavy atom. The molecule has 4 nitrogen and oxygen atoms in total. The fraction of sp³-hybridized carbons (Fsp3) is 0.360. The van der Waals surface area contributed by atoms with Crippen molar-refractivity contribution in [1.29, 1.82) is 0 Å². The molecule has 0 unspecified atom stereocenters. The number of rotatable bonds is 6. The largest absolute Gasteiger partial charge is 0.330 e. The van der Waals surface area contributed by atoms with Gasteiger partial charge in [-0.25, -0.2) is 9.37 Å². The number of aromatic nitrogens is 2. The van der Waals surface area contributed by atoms with Crippen molar-refractivity contribution < 1.29 is 9.18 Å². The summed E-state index contributed by atoms with van der Waals surface area (Å²) in [6.07, 6.45) is 7.25. The van der Waals surface area contributed by atoms with E-state index in [1.165, 1.54) is 12.1 Å². The van der Waals surface area contributed by atoms with Gasteiger partial charge < -0.3 is 9.88 Å². The number of nitrogens with zero attached hydrogens (tertiary/aromatic N) is 2. The quantitative estimate of drug-likeness (QED) is 0.576. The van der Waals surface area contributed by atoms with Crippen LogP contribution in [0.2, 0.25) is 0 Å². The molecule has 1 amide bonds. The van der Waals surface area contributed by atoms with Gasteiger partial charge >= 0.3 is 0 Å². The molecule has 1 saturated carbocycles. The van der Waals surface area contributed by atoms with Crippen LogP contribution in [0.15, 0.2) is 60.9 Å². The van der Waals surface area contributed by atoms with Crippen molar-refractivity contribution in [3.63, 3.8) is 0 Å². The minimum Gasteiger partial charge on any atom is -0.330 e. The Hall–Kier alpha value is -2.95. The predicted octanol–water partition coefficient (Wildman–Crippen LogP) is 5.64. The number of carbonyl (C=O) groups is 1. The molecule has 1 fully saturated rings. The van der Waals surface area contributed by atoms with Gasteiger partial charge in [-0.3, -0.25) is 4.79 Å². The fourth-order valence-electron chi connectivity index (χ4n) is 4.56. The number of anilines is 1. The average molecular weight is 406 g/mol. The van der Waals surface area contributed by atoms with Crippen LogP contribution in [0.1, 0.15) is 62.4 Å². The third-order valence-electron chi connectivity index (χ3n) is 6.07. The van der Waals surface area contributed by atoms with Crippen LogP contribution in [-0.2, 0) is 16.8 Å². The van der Waals surface area contributed by atoms with Crippen LogP contribution in [0.4, 0.5) is 10.1 Å². The highest BCUT2D eigenvalue weighted by molar-refractivity contribution is 5.99. The lowest BCUT2D eigenvalue weighted by atomic mass is 9.78. The number of imidazole rings is 1. The number of carbonyl (C=O) groups excluding carboxylic acids is 1. The van der Waals surface area contributed by atoms with Crippen molar-refractivity contribution in [3.8, 4) is 0 Å². The normalized spacial score (nSPS) is 15.5. The monoisotopic (exact) mass is 405 g/mol. The molecule has 30 heavy (non-hydrogen) atoms. The Morgan fingerprint density at radius 1 is 1.17 bits per heavy atom. The van der Waals surface area contributed by atoms with Gasteiger partial charge in [-0.2, -0.15) is 0 Å². The van der Waals surface area contributed by atoms with Gasteiger partial charge in [0.25, 0.3) is 0 Å². The predicted molar refractivity (Wildman–Crippen MR) is 117 cm³/mol. The summed E-state index contributed by atoms with van der Waals surface area (Å²) in [6.45, 7) is 4.96. The van der Waals surface area contributed by atoms with Crippen molar-refractivity contribution in [1.82, 2.24) is 9.55 Å². The van der Waals surface area contributed by atoms with Gasteiger partial charge in [0.1, 0.15) is 11.6 Å². The maximum atomic E-state index is 13.9. The molecular formula is C25H28FN3O. The number of halogens is 1. The number of amides is 1. The van der Waals surface area contributed by atoms with E-state index in [2.05, 4.69) is 34.8 Å². The molecule has 0 aliphatic heterocycles. The summed E-state index contributed by atoms with van der Waals surface area (Å²) in [5.41, 5.74) is 1.98. The molecule has 0 spiro atoms. The molecule has 1 aromatic heterocycles. The molecule has 4 rings (SSSR count). The molecule has 1 heterocycles. The van der Waals surface area contributed by atoms with Gasteiger partial charge in [-0.15, -0.1) is 0 Å². The zero-order valence-electron chi connectivity index (χ0n) is 17.6. The van der Waals surface area contributed by atoms with E-state index < -0.39 is 5.41 Å². The molecule has 156 valence electrons. The number of hydrogen-bond donors (Lipinski definition) is 1. The minimum atomic E-state index is -0.659. The van der Waals surface area contributed by atoms with Crippen molar-refractivity contribution in [3.05, 3.63) is 83.7 Å². The molecule has 0 atom stereocenters. The third-order valence-corrected chi connectivity index (χ3v) is 6.07. The summed E-state index contributed by atoms with van der Waals surface area (Å²) in [6, 6.07) is 14.4. The van der Waals surface area contributed by atoms with Crippen LogP contribution >= 0.6 is 0 Å². The fourth-order valence-corrected chi connectivity index (χ4v) is 4.56. The SMILES string of the molecule is CC(C)c1nccn1Cc1cccc(NC(=O)C2(c3cccc(F)c3)CCCC2)c1. The molecule has 1 N–H and O–H groups in total. The first kappa shape index (κ1) is 20.3. The van der Waals surface area contributed by atoms with Crippen LogP contribution in [0, 0.1) is 5.82 Å². The van der Waals surface area contributed by atoms with E-state index >= 15 is 0 Å². The van der Waals surface area contributed by atoms with Crippen LogP contribution in [0.5, 0.6) is 0 Å². The summed E-state index contributed by atoms with van der Waals surface area (Å²) in [5.74, 6) is 1.04. The van der Waals surface area contributed by atoms with Gasteiger partial charge in [0.15, 0.2) is 0 Å². The Bertz CT molecular complexity index is 1030. The molecule has 5 heteroatoms. The van der Waals surface area contributed by atoms with E-state index in [1.807, 2.05) is 36.7 Å². The summed E-state index contributed by atoms with van der Waals surface area (Å²) in [5, 5.41) is 3.11. The molecule has 0 saturated heterocycles. The molecule has 2 aromatic carbocycles. The van der Waals surface area contributed by atoms with Crippen LogP contribution < -0.4 is 5.32 Å². The highest BCUT2D eigenvalue weighted by Crippen LogP contribution is 2.42. The second-order valence-electron chi connectivity index (χ2n) is 8.52. The van der Waals surface area contributed by atoms with Crippen molar-refractivity contribution >= 4 is 11.6 Å². The average Bonchev–Trinajstić information content (AvgIpc) is 3.39. The first-order chi connectivity index (χ1) is 14.5. The molecule has 3 aromatic rings. The Kier molecular flexibility index (Phi) is 5.71. The third kappa shape index (κ3) is 4.02. The molecular weight excluding hydrogens is 377 g/mol. The molecule has 0 radical (unpaired) electrons. The zero-order valence-corrected chi connectivity index (χ0v) is 17.6. The highest BCUT2D eigenvalue weighted by Gasteiger charge is 2.42. The van der Waals surface area contributed by atoms with E-state index in [1.54, 1.807) is 6.07 Å². The number of nitrogens with one attached hydrogen (secondary N) is 1. The standard InChI is InChI=1S/C25H28FN3O/c1-18(2)23-27-13-14-29(23)17-19-7-5-10-22(15-19)28-24(30)25(11-3-4-12-25)20-8-6-9-21(26)16-20/h5-10,13-16,18H,3-4,11-12,17H2,1-2H3,(H,28,30). The topological polar surface area (TPSA) is 46.9 Å². The second kappa shape index (κ2) is 8.42. The van der Waals surface area contributed by atoms with Gasteiger partial charge in [0.05, 0.1) is 5.41 Å². The van der Waals surface area contributed by atoms with Crippen LogP contribution in [0.25, 0.3) is 0 Å². The van der Waals surface area contributed by atoms with E-state index in [0.29, 0.717) is 12.5 Å². The summed E-state index contributed by atoms with van der Waals surface area (Å²) in [7, 11) is 0. The van der Waals surface area contributed by atoms with Gasteiger partial charge in [-0.05, 0) is 48.2 Å². The zero-order chi connectivity index (χ0) is 21.1. The maximum Gasteiger partial charge on any atom is 0.235 e. The van der Waals surface area contributed by atoms with E-state index in [-0.39, 0.29) is 11.7 Å². The second-order valence-corrected chi connectivity index (χ2v) is 8.52. The van der Waals surface area contributed by atoms with Gasteiger partial charge in [0.2, 0.25) is 5.91 Å². The maximum absolute atomic E-state index is 13.9. The molecule has 1 aliphatic carbocycles. The molecule has 1 aliphatic rings. The molecule has 0 bridgehead atoms. The van der Waals surface area contributed by atoms with Crippen LogP contribution in [-0.4, -0.2) is 15.5 Å². The number of hydrogen-bond acceptors (Lipinski definition) is 2. The van der Waals surface area contributed by atoms with Crippen molar-refractivity contribution in [2.24, 2.45) is 0 Å². The smallest absolute Gasteiger partial charge is 0.235 e. The van der Waals surface area contributed by atoms with E-state index in [4.69, 9.17) is 0 Å². The summed E-state index contributed by atoms with van der Waals surface area (Å²) in [4.78, 5) is 17.8. The lowest BCUT2D eigenvalue weighted by molar-refractivity contribution is -0.121. The lowest BCUT2D eigenvalue weighted by Crippen LogP contribution is -2.38. The Labute approximate surface area is 177 Å². The summed E-state index contributed by atoms with van der Waals surface area (Å²) < 4.78 is 16.0. The lowest BCUT2D eigenvalue weighted by Gasteiger charge is -2.28. The van der Waals surface area contributed by atoms with Crippen molar-refractivity contribution in [2.45, 2.75) is 57.4 Å². The Morgan fingerprint density at radius 2 is 1.93 bits per heavy atom. The van der Waals surface area contributed by atoms with Gasteiger partial charge in [0, 0.05) is 30.5 Å². The van der Waals surface area contributed by atoms with Gasteiger partial charge in [-0.1, -0.05) is 51.0 Å². The first-order valence-corrected chi connectivity index (χ1v) is 10.7. The first-order valence-electron chi connectivity index (χ1n) is 10.7. The highest BCUT2D eigenvalue weighted by atomic mass is 19.1.